The molecule has 2 heterocycles. The molecule has 1 N–H and O–H groups in total. The molecule has 1 unspecified atom stereocenters. The number of halogens is 1. The molecule has 0 saturated carbocycles. The van der Waals surface area contributed by atoms with Gasteiger partial charge in [0.2, 0.25) is 0 Å². The van der Waals surface area contributed by atoms with Crippen molar-refractivity contribution in [2.24, 2.45) is 5.41 Å². The number of hydrogen-bond acceptors (Lipinski definition) is 6. The second-order valence-electron chi connectivity index (χ2n) is 9.30. The van der Waals surface area contributed by atoms with Gasteiger partial charge in [0.25, 0.3) is 0 Å². The highest BCUT2D eigenvalue weighted by atomic mass is 35.5. The van der Waals surface area contributed by atoms with Crippen molar-refractivity contribution in [2.45, 2.75) is 53.4 Å². The maximum absolute atomic E-state index is 12.4. The molecule has 0 radical (unpaired) electrons. The zero-order valence-corrected chi connectivity index (χ0v) is 22.6. The van der Waals surface area contributed by atoms with Gasteiger partial charge < -0.3 is 14.6 Å². The molecule has 4 aromatic rings. The van der Waals surface area contributed by atoms with Crippen molar-refractivity contribution in [3.8, 4) is 5.75 Å². The van der Waals surface area contributed by atoms with Crippen LogP contribution in [0.5, 0.6) is 5.75 Å². The number of benzene rings is 2. The third-order valence-electron chi connectivity index (χ3n) is 6.61. The molecule has 2 aromatic carbocycles. The summed E-state index contributed by atoms with van der Waals surface area (Å²) in [5.41, 5.74) is 4.32. The van der Waals surface area contributed by atoms with Crippen molar-refractivity contribution in [3.63, 3.8) is 0 Å². The van der Waals surface area contributed by atoms with Crippen molar-refractivity contribution in [1.82, 2.24) is 15.0 Å². The molecule has 4 rings (SSSR count). The van der Waals surface area contributed by atoms with Gasteiger partial charge in [0.05, 0.1) is 35.6 Å². The number of hydrogen-bond donors (Lipinski definition) is 1. The Morgan fingerprint density at radius 2 is 1.92 bits per heavy atom. The third-order valence-corrected chi connectivity index (χ3v) is 8.12. The minimum absolute atomic E-state index is 0.324. The molecular weight excluding hydrogens is 498 g/mol. The lowest BCUT2D eigenvalue weighted by Crippen LogP contribution is -2.32. The monoisotopic (exact) mass is 527 g/mol. The number of carboxylic acids is 1. The van der Waals surface area contributed by atoms with Gasteiger partial charge in [-0.2, -0.15) is 0 Å². The lowest BCUT2D eigenvalue weighted by molar-refractivity contribution is -0.147. The summed E-state index contributed by atoms with van der Waals surface area (Å²) < 4.78 is 13.6. The van der Waals surface area contributed by atoms with E-state index in [4.69, 9.17) is 21.1 Å². The molecule has 0 aliphatic heterocycles. The first-order valence-electron chi connectivity index (χ1n) is 11.7. The maximum Gasteiger partial charge on any atom is 0.310 e. The van der Waals surface area contributed by atoms with Crippen molar-refractivity contribution >= 4 is 39.9 Å². The Balaban J connectivity index is 1.65. The predicted octanol–water partition coefficient (Wildman–Crippen LogP) is 6.44. The molecular formula is C27H30ClN3O4S. The molecule has 2 aromatic heterocycles. The third kappa shape index (κ3) is 4.98. The number of aryl methyl sites for hydroxylation is 2. The fourth-order valence-corrected chi connectivity index (χ4v) is 5.99. The van der Waals surface area contributed by atoms with Crippen LogP contribution in [0.3, 0.4) is 0 Å². The van der Waals surface area contributed by atoms with Crippen molar-refractivity contribution in [2.75, 3.05) is 7.11 Å². The molecule has 0 saturated heterocycles. The molecule has 0 fully saturated rings. The Hall–Kier alpha value is -2.94. The number of thiophene rings is 1. The average molecular weight is 528 g/mol. The number of methoxy groups -OCH3 is 1. The second-order valence-corrected chi connectivity index (χ2v) is 11.0. The number of carboxylic acid groups (broad SMARTS) is 1. The summed E-state index contributed by atoms with van der Waals surface area (Å²) in [4.78, 5) is 13.3. The molecule has 36 heavy (non-hydrogen) atoms. The summed E-state index contributed by atoms with van der Waals surface area (Å²) in [6, 6.07) is 13.6. The van der Waals surface area contributed by atoms with E-state index in [9.17, 15) is 9.90 Å². The van der Waals surface area contributed by atoms with Crippen LogP contribution >= 0.6 is 22.9 Å². The summed E-state index contributed by atoms with van der Waals surface area (Å²) in [5.74, 6) is -0.517. The molecule has 0 amide bonds. The molecule has 1 atom stereocenters. The first-order valence-corrected chi connectivity index (χ1v) is 12.9. The normalized spacial score (nSPS) is 12.7. The largest absolute Gasteiger partial charge is 0.497 e. The molecule has 0 spiro atoms. The van der Waals surface area contributed by atoms with E-state index >= 15 is 0 Å². The smallest absolute Gasteiger partial charge is 0.310 e. The van der Waals surface area contributed by atoms with E-state index in [1.165, 1.54) is 11.3 Å². The van der Waals surface area contributed by atoms with Crippen LogP contribution in [0.4, 0.5) is 0 Å². The van der Waals surface area contributed by atoms with Gasteiger partial charge in [-0.15, -0.1) is 16.4 Å². The number of nitrogens with zero attached hydrogens (tertiary/aromatic N) is 3. The zero-order valence-electron chi connectivity index (χ0n) is 21.0. The van der Waals surface area contributed by atoms with Crippen molar-refractivity contribution in [1.29, 1.82) is 0 Å². The highest BCUT2D eigenvalue weighted by Crippen LogP contribution is 2.47. The van der Waals surface area contributed by atoms with Crippen LogP contribution in [0.25, 0.3) is 11.0 Å². The van der Waals surface area contributed by atoms with E-state index in [1.54, 1.807) is 21.0 Å². The summed E-state index contributed by atoms with van der Waals surface area (Å²) in [7, 11) is 1.63. The van der Waals surface area contributed by atoms with E-state index in [-0.39, 0.29) is 0 Å². The quantitative estimate of drug-likeness (QED) is 0.255. The number of carbonyl (C=O) groups is 1. The van der Waals surface area contributed by atoms with Gasteiger partial charge in [0.15, 0.2) is 0 Å². The SMILES string of the molecule is CCn1nnc2c(C)c(C(c3cc(COCc4ccc(OC)cc4)c(Cl)s3)C(C)(C)C(=O)O)ccc21. The Labute approximate surface area is 219 Å². The van der Waals surface area contributed by atoms with Gasteiger partial charge in [-0.1, -0.05) is 35.0 Å². The molecule has 0 aliphatic rings. The summed E-state index contributed by atoms with van der Waals surface area (Å²) in [6.45, 7) is 8.95. The van der Waals surface area contributed by atoms with Crippen LogP contribution in [0.2, 0.25) is 4.34 Å². The first-order chi connectivity index (χ1) is 17.2. The fourth-order valence-electron chi connectivity index (χ4n) is 4.42. The van der Waals surface area contributed by atoms with Crippen molar-refractivity contribution in [3.05, 3.63) is 73.9 Å². The number of ether oxygens (including phenoxy) is 2. The Kier molecular flexibility index (Phi) is 7.68. The topological polar surface area (TPSA) is 86.5 Å². The van der Waals surface area contributed by atoms with Gasteiger partial charge >= 0.3 is 5.97 Å². The minimum atomic E-state index is -1.09. The van der Waals surface area contributed by atoms with Crippen LogP contribution in [0, 0.1) is 12.3 Å². The Morgan fingerprint density at radius 3 is 2.56 bits per heavy atom. The van der Waals surface area contributed by atoms with Gasteiger partial charge in [-0.25, -0.2) is 4.68 Å². The lowest BCUT2D eigenvalue weighted by atomic mass is 9.72. The molecule has 190 valence electrons. The highest BCUT2D eigenvalue weighted by molar-refractivity contribution is 7.16. The standard InChI is InChI=1S/C27H30ClN3O4S/c1-6-31-21-12-11-20(16(2)24(21)29-30-31)23(27(3,4)26(32)33)22-13-18(25(28)36-22)15-35-14-17-7-9-19(34-5)10-8-17/h7-13,23H,6,14-15H2,1-5H3,(H,32,33). The Bertz CT molecular complexity index is 1380. The van der Waals surface area contributed by atoms with E-state index in [0.717, 1.165) is 43.9 Å². The van der Waals surface area contributed by atoms with E-state index in [1.807, 2.05) is 61.0 Å². The lowest BCUT2D eigenvalue weighted by Gasteiger charge is -2.31. The molecule has 9 heteroatoms. The summed E-state index contributed by atoms with van der Waals surface area (Å²) >= 11 is 8.03. The van der Waals surface area contributed by atoms with E-state index < -0.39 is 17.3 Å². The number of rotatable bonds is 10. The van der Waals surface area contributed by atoms with E-state index in [2.05, 4.69) is 10.3 Å². The van der Waals surface area contributed by atoms with E-state index in [0.29, 0.717) is 24.1 Å². The number of aliphatic carboxylic acids is 1. The minimum Gasteiger partial charge on any atom is -0.497 e. The number of fused-ring (bicyclic) bond motifs is 1. The first kappa shape index (κ1) is 26.1. The van der Waals surface area contributed by atoms with Crippen LogP contribution in [0.15, 0.2) is 42.5 Å². The van der Waals surface area contributed by atoms with Gasteiger partial charge in [0, 0.05) is 22.9 Å². The molecule has 7 nitrogen and oxygen atoms in total. The van der Waals surface area contributed by atoms with Gasteiger partial charge in [0.1, 0.15) is 11.3 Å². The highest BCUT2D eigenvalue weighted by Gasteiger charge is 2.41. The van der Waals surface area contributed by atoms with Crippen LogP contribution in [0.1, 0.15) is 53.8 Å². The van der Waals surface area contributed by atoms with Crippen LogP contribution in [-0.4, -0.2) is 33.2 Å². The van der Waals surface area contributed by atoms with Crippen LogP contribution < -0.4 is 4.74 Å². The maximum atomic E-state index is 12.4. The summed E-state index contributed by atoms with van der Waals surface area (Å²) in [6.07, 6.45) is 0. The van der Waals surface area contributed by atoms with Gasteiger partial charge in [-0.3, -0.25) is 4.79 Å². The average Bonchev–Trinajstić information content (AvgIpc) is 3.44. The second kappa shape index (κ2) is 10.6. The zero-order chi connectivity index (χ0) is 26.0. The van der Waals surface area contributed by atoms with Crippen molar-refractivity contribution < 1.29 is 19.4 Å². The Morgan fingerprint density at radius 1 is 1.19 bits per heavy atom. The van der Waals surface area contributed by atoms with Crippen LogP contribution in [-0.2, 0) is 29.3 Å². The van der Waals surface area contributed by atoms with Gasteiger partial charge in [-0.05, 0) is 68.7 Å². The molecule has 0 bridgehead atoms. The molecule has 0 aliphatic carbocycles. The predicted molar refractivity (Wildman–Crippen MR) is 142 cm³/mol. The number of aromatic nitrogens is 3. The fraction of sp³-hybridized carbons (Fsp3) is 0.370. The summed E-state index contributed by atoms with van der Waals surface area (Å²) in [5, 5.41) is 18.8.